The Morgan fingerprint density at radius 1 is 1.41 bits per heavy atom. The van der Waals surface area contributed by atoms with E-state index in [2.05, 4.69) is 37.9 Å². The molecule has 1 unspecified atom stereocenters. The molecule has 0 saturated carbocycles. The van der Waals surface area contributed by atoms with Gasteiger partial charge in [-0.25, -0.2) is 9.97 Å². The quantitative estimate of drug-likeness (QED) is 0.843. The lowest BCUT2D eigenvalue weighted by Crippen LogP contribution is -2.39. The molecule has 0 bridgehead atoms. The van der Waals surface area contributed by atoms with Gasteiger partial charge in [0.05, 0.1) is 0 Å². The van der Waals surface area contributed by atoms with E-state index in [1.807, 2.05) is 11.8 Å². The molecule has 1 aliphatic rings. The predicted octanol–water partition coefficient (Wildman–Crippen LogP) is 1.50. The number of hydrogen-bond acceptors (Lipinski definition) is 4. The number of carbonyl (C=O) groups is 1. The summed E-state index contributed by atoms with van der Waals surface area (Å²) < 4.78 is 0.978. The third-order valence-electron chi connectivity index (χ3n) is 2.75. The Balaban J connectivity index is 1.93. The van der Waals surface area contributed by atoms with Crippen LogP contribution in [0.2, 0.25) is 0 Å². The lowest BCUT2D eigenvalue weighted by atomic mass is 10.3. The first-order valence-corrected chi connectivity index (χ1v) is 6.77. The molecule has 1 fully saturated rings. The highest BCUT2D eigenvalue weighted by Gasteiger charge is 2.23. The summed E-state index contributed by atoms with van der Waals surface area (Å²) in [6.07, 6.45) is 5.67. The zero-order valence-corrected chi connectivity index (χ0v) is 11.8. The number of nitrogens with zero attached hydrogens (tertiary/aromatic N) is 3. The van der Waals surface area contributed by atoms with Crippen LogP contribution in [0.4, 0.5) is 5.95 Å². The molecule has 1 amide bonds. The molecule has 5 nitrogen and oxygen atoms in total. The second-order valence-electron chi connectivity index (χ2n) is 4.12. The third-order valence-corrected chi connectivity index (χ3v) is 3.31. The summed E-state index contributed by atoms with van der Waals surface area (Å²) in [5, 5.41) is 3.03. The van der Waals surface area contributed by atoms with Gasteiger partial charge in [0.25, 0.3) is 0 Å². The van der Waals surface area contributed by atoms with Crippen molar-refractivity contribution in [3.8, 4) is 0 Å². The molecule has 6 heteroatoms. The molecular weight excluding hydrogens is 331 g/mol. The lowest BCUT2D eigenvalue weighted by Gasteiger charge is -2.20. The molecule has 2 heterocycles. The zero-order valence-electron chi connectivity index (χ0n) is 9.69. The van der Waals surface area contributed by atoms with Crippen molar-refractivity contribution in [2.45, 2.75) is 25.8 Å². The summed E-state index contributed by atoms with van der Waals surface area (Å²) in [6.45, 7) is 3.60. The standard InChI is InChI=1S/C11H15IN4O/c1-8(10(17)16-4-2-3-5-16)15-11-13-6-9(12)7-14-11/h6-8H,2-5H2,1H3,(H,13,14,15). The first-order valence-electron chi connectivity index (χ1n) is 5.69. The Morgan fingerprint density at radius 3 is 2.59 bits per heavy atom. The van der Waals surface area contributed by atoms with Crippen LogP contribution in [0.5, 0.6) is 0 Å². The molecule has 1 aliphatic heterocycles. The fourth-order valence-corrected chi connectivity index (χ4v) is 2.13. The van der Waals surface area contributed by atoms with Crippen molar-refractivity contribution in [3.63, 3.8) is 0 Å². The highest BCUT2D eigenvalue weighted by Crippen LogP contribution is 2.11. The molecule has 1 N–H and O–H groups in total. The van der Waals surface area contributed by atoms with Crippen LogP contribution in [0.25, 0.3) is 0 Å². The Kier molecular flexibility index (Phi) is 4.14. The molecule has 2 rings (SSSR count). The summed E-state index contributed by atoms with van der Waals surface area (Å²) in [4.78, 5) is 22.2. The van der Waals surface area contributed by atoms with E-state index in [1.165, 1.54) is 0 Å². The van der Waals surface area contributed by atoms with Gasteiger partial charge < -0.3 is 10.2 Å². The zero-order chi connectivity index (χ0) is 12.3. The Bertz CT molecular complexity index is 389. The maximum absolute atomic E-state index is 12.0. The highest BCUT2D eigenvalue weighted by molar-refractivity contribution is 14.1. The molecule has 1 aromatic rings. The van der Waals surface area contributed by atoms with Crippen molar-refractivity contribution < 1.29 is 4.79 Å². The van der Waals surface area contributed by atoms with Gasteiger partial charge in [0.1, 0.15) is 6.04 Å². The van der Waals surface area contributed by atoms with Gasteiger partial charge in [0, 0.05) is 29.1 Å². The third kappa shape index (κ3) is 3.27. The van der Waals surface area contributed by atoms with Gasteiger partial charge >= 0.3 is 0 Å². The van der Waals surface area contributed by atoms with Gasteiger partial charge in [0.15, 0.2) is 0 Å². The van der Waals surface area contributed by atoms with Crippen LogP contribution in [-0.2, 0) is 4.79 Å². The van der Waals surface area contributed by atoms with Crippen LogP contribution in [0, 0.1) is 3.57 Å². The van der Waals surface area contributed by atoms with E-state index in [9.17, 15) is 4.79 Å². The molecular formula is C11H15IN4O. The summed E-state index contributed by atoms with van der Waals surface area (Å²) >= 11 is 2.15. The maximum atomic E-state index is 12.0. The van der Waals surface area contributed by atoms with Crippen molar-refractivity contribution in [2.24, 2.45) is 0 Å². The number of amides is 1. The topological polar surface area (TPSA) is 58.1 Å². The maximum Gasteiger partial charge on any atom is 0.244 e. The molecule has 1 saturated heterocycles. The van der Waals surface area contributed by atoms with Crippen molar-refractivity contribution in [2.75, 3.05) is 18.4 Å². The Hall–Kier alpha value is -0.920. The number of rotatable bonds is 3. The molecule has 92 valence electrons. The van der Waals surface area contributed by atoms with E-state index < -0.39 is 0 Å². The van der Waals surface area contributed by atoms with E-state index >= 15 is 0 Å². The number of aromatic nitrogens is 2. The minimum Gasteiger partial charge on any atom is -0.343 e. The number of likely N-dealkylation sites (tertiary alicyclic amines) is 1. The average molecular weight is 346 g/mol. The van der Waals surface area contributed by atoms with E-state index in [-0.39, 0.29) is 11.9 Å². The van der Waals surface area contributed by atoms with Gasteiger partial charge in [-0.05, 0) is 42.4 Å². The van der Waals surface area contributed by atoms with Gasteiger partial charge in [0.2, 0.25) is 11.9 Å². The second-order valence-corrected chi connectivity index (χ2v) is 5.37. The van der Waals surface area contributed by atoms with Crippen LogP contribution in [-0.4, -0.2) is 39.9 Å². The smallest absolute Gasteiger partial charge is 0.244 e. The number of nitrogens with one attached hydrogen (secondary N) is 1. The predicted molar refractivity (Wildman–Crippen MR) is 73.6 cm³/mol. The van der Waals surface area contributed by atoms with Gasteiger partial charge in [-0.2, -0.15) is 0 Å². The first-order chi connectivity index (χ1) is 8.16. The van der Waals surface area contributed by atoms with Crippen molar-refractivity contribution in [1.82, 2.24) is 14.9 Å². The van der Waals surface area contributed by atoms with E-state index in [0.717, 1.165) is 29.5 Å². The molecule has 0 aromatic carbocycles. The summed E-state index contributed by atoms with van der Waals surface area (Å²) in [7, 11) is 0. The Labute approximate surface area is 114 Å². The SMILES string of the molecule is CC(Nc1ncc(I)cn1)C(=O)N1CCCC1. The molecule has 0 radical (unpaired) electrons. The van der Waals surface area contributed by atoms with Crippen LogP contribution >= 0.6 is 22.6 Å². The monoisotopic (exact) mass is 346 g/mol. The number of halogens is 1. The number of carbonyl (C=O) groups excluding carboxylic acids is 1. The minimum absolute atomic E-state index is 0.129. The summed E-state index contributed by atoms with van der Waals surface area (Å²) in [6, 6.07) is -0.270. The molecule has 1 atom stereocenters. The van der Waals surface area contributed by atoms with Gasteiger partial charge in [-0.1, -0.05) is 0 Å². The van der Waals surface area contributed by atoms with E-state index in [1.54, 1.807) is 12.4 Å². The number of anilines is 1. The Morgan fingerprint density at radius 2 is 2.00 bits per heavy atom. The minimum atomic E-state index is -0.270. The van der Waals surface area contributed by atoms with E-state index in [4.69, 9.17) is 0 Å². The normalized spacial score (nSPS) is 16.9. The molecule has 17 heavy (non-hydrogen) atoms. The van der Waals surface area contributed by atoms with E-state index in [0.29, 0.717) is 5.95 Å². The van der Waals surface area contributed by atoms with Crippen LogP contribution in [0.1, 0.15) is 19.8 Å². The van der Waals surface area contributed by atoms with Crippen molar-refractivity contribution >= 4 is 34.4 Å². The van der Waals surface area contributed by atoms with Crippen LogP contribution in [0.3, 0.4) is 0 Å². The lowest BCUT2D eigenvalue weighted by molar-refractivity contribution is -0.130. The highest BCUT2D eigenvalue weighted by atomic mass is 127. The van der Waals surface area contributed by atoms with Crippen molar-refractivity contribution in [3.05, 3.63) is 16.0 Å². The van der Waals surface area contributed by atoms with Gasteiger partial charge in [-0.3, -0.25) is 4.79 Å². The van der Waals surface area contributed by atoms with Crippen LogP contribution < -0.4 is 5.32 Å². The fraction of sp³-hybridized carbons (Fsp3) is 0.545. The average Bonchev–Trinajstić information content (AvgIpc) is 2.84. The summed E-state index contributed by atoms with van der Waals surface area (Å²) in [5.74, 6) is 0.634. The fourth-order valence-electron chi connectivity index (χ4n) is 1.85. The largest absolute Gasteiger partial charge is 0.343 e. The van der Waals surface area contributed by atoms with Crippen LogP contribution in [0.15, 0.2) is 12.4 Å². The molecule has 0 spiro atoms. The van der Waals surface area contributed by atoms with Gasteiger partial charge in [-0.15, -0.1) is 0 Å². The first kappa shape index (κ1) is 12.5. The second kappa shape index (κ2) is 5.61. The molecule has 1 aromatic heterocycles. The summed E-state index contributed by atoms with van der Waals surface area (Å²) in [5.41, 5.74) is 0. The number of hydrogen-bond donors (Lipinski definition) is 1. The van der Waals surface area contributed by atoms with Crippen molar-refractivity contribution in [1.29, 1.82) is 0 Å². The molecule has 0 aliphatic carbocycles.